The van der Waals surface area contributed by atoms with E-state index in [9.17, 15) is 8.22 Å². The van der Waals surface area contributed by atoms with Gasteiger partial charge in [0, 0.05) is 10.7 Å². The Hall–Kier alpha value is -0.963. The van der Waals surface area contributed by atoms with Gasteiger partial charge >= 0.3 is 8.74 Å². The van der Waals surface area contributed by atoms with Crippen molar-refractivity contribution in [3.63, 3.8) is 0 Å². The van der Waals surface area contributed by atoms with Gasteiger partial charge in [-0.1, -0.05) is 49.4 Å². The summed E-state index contributed by atoms with van der Waals surface area (Å²) in [6.45, 7) is 3.60. The third-order valence-corrected chi connectivity index (χ3v) is 5.12. The molecule has 0 spiro atoms. The maximum absolute atomic E-state index is 14.1. The minimum Gasteiger partial charge on any atom is -0.264 e. The molecule has 82 valence electrons. The van der Waals surface area contributed by atoms with Crippen molar-refractivity contribution in [2.45, 2.75) is 25.8 Å². The van der Waals surface area contributed by atoms with Crippen molar-refractivity contribution < 1.29 is 8.22 Å². The van der Waals surface area contributed by atoms with Crippen LogP contribution in [0.15, 0.2) is 42.5 Å². The average molecular weight is 226 g/mol. The van der Waals surface area contributed by atoms with Crippen molar-refractivity contribution in [1.29, 1.82) is 0 Å². The van der Waals surface area contributed by atoms with Crippen LogP contribution in [-0.4, -0.2) is 8.74 Å². The summed E-state index contributed by atoms with van der Waals surface area (Å²) in [5.74, 6) is 0. The van der Waals surface area contributed by atoms with Crippen molar-refractivity contribution in [1.82, 2.24) is 0 Å². The number of halogens is 2. The fourth-order valence-corrected chi connectivity index (χ4v) is 3.63. The highest BCUT2D eigenvalue weighted by molar-refractivity contribution is 6.81. The van der Waals surface area contributed by atoms with Gasteiger partial charge in [0.25, 0.3) is 0 Å². The second-order valence-corrected chi connectivity index (χ2v) is 6.09. The molecule has 0 saturated carbocycles. The van der Waals surface area contributed by atoms with Crippen LogP contribution in [0.5, 0.6) is 0 Å². The monoisotopic (exact) mass is 226 g/mol. The van der Waals surface area contributed by atoms with Crippen LogP contribution < -0.4 is 5.19 Å². The Labute approximate surface area is 91.0 Å². The second kappa shape index (κ2) is 5.21. The van der Waals surface area contributed by atoms with Crippen LogP contribution >= 0.6 is 0 Å². The Morgan fingerprint density at radius 1 is 1.27 bits per heavy atom. The predicted octanol–water partition coefficient (Wildman–Crippen LogP) is 3.63. The van der Waals surface area contributed by atoms with Crippen LogP contribution in [0.4, 0.5) is 8.22 Å². The van der Waals surface area contributed by atoms with Crippen LogP contribution in [0.3, 0.4) is 0 Å². The molecule has 0 bridgehead atoms. The Balaban J connectivity index is 3.00. The van der Waals surface area contributed by atoms with Crippen molar-refractivity contribution in [2.75, 3.05) is 0 Å². The Bertz CT molecular complexity index is 320. The second-order valence-electron chi connectivity index (χ2n) is 3.53. The lowest BCUT2D eigenvalue weighted by atomic mass is 10.3. The van der Waals surface area contributed by atoms with E-state index in [-0.39, 0.29) is 5.19 Å². The number of hydrogen-bond donors (Lipinski definition) is 0. The molecule has 0 unspecified atom stereocenters. The first-order chi connectivity index (χ1) is 7.12. The van der Waals surface area contributed by atoms with E-state index in [2.05, 4.69) is 0 Å². The minimum atomic E-state index is -4.32. The third-order valence-electron chi connectivity index (χ3n) is 2.49. The van der Waals surface area contributed by atoms with E-state index in [4.69, 9.17) is 0 Å². The molecule has 0 nitrogen and oxygen atoms in total. The molecule has 15 heavy (non-hydrogen) atoms. The van der Waals surface area contributed by atoms with E-state index in [0.717, 1.165) is 0 Å². The first-order valence-electron chi connectivity index (χ1n) is 5.19. The van der Waals surface area contributed by atoms with Crippen LogP contribution in [0, 0.1) is 0 Å². The summed E-state index contributed by atoms with van der Waals surface area (Å²) >= 11 is 0. The summed E-state index contributed by atoms with van der Waals surface area (Å²) < 4.78 is 28.2. The van der Waals surface area contributed by atoms with Gasteiger partial charge in [-0.2, -0.15) is 0 Å². The van der Waals surface area contributed by atoms with Crippen LogP contribution in [0.25, 0.3) is 0 Å². The topological polar surface area (TPSA) is 0 Å². The highest BCUT2D eigenvalue weighted by Crippen LogP contribution is 2.29. The lowest BCUT2D eigenvalue weighted by Crippen LogP contribution is -2.42. The van der Waals surface area contributed by atoms with Gasteiger partial charge in [-0.05, 0) is 13.3 Å². The van der Waals surface area contributed by atoms with Crippen LogP contribution in [0.1, 0.15) is 20.3 Å². The first-order valence-corrected chi connectivity index (χ1v) is 7.02. The van der Waals surface area contributed by atoms with Crippen LogP contribution in [0.2, 0.25) is 5.54 Å². The molecule has 0 amide bonds. The van der Waals surface area contributed by atoms with Gasteiger partial charge in [-0.15, -0.1) is 0 Å². The van der Waals surface area contributed by atoms with Crippen molar-refractivity contribution >= 4 is 13.9 Å². The molecule has 0 aliphatic carbocycles. The summed E-state index contributed by atoms with van der Waals surface area (Å²) in [6, 6.07) is 8.21. The molecule has 0 N–H and O–H groups in total. The van der Waals surface area contributed by atoms with Crippen molar-refractivity contribution in [3.05, 3.63) is 42.5 Å². The molecule has 3 heteroatoms. The normalized spacial score (nSPS) is 14.4. The molecular formula is C12H16F2Si. The molecule has 0 aromatic heterocycles. The Kier molecular flexibility index (Phi) is 4.21. The number of rotatable bonds is 4. The summed E-state index contributed by atoms with van der Waals surface area (Å²) in [5, 5.41) is 0.231. The first kappa shape index (κ1) is 12.1. The Morgan fingerprint density at radius 2 is 1.87 bits per heavy atom. The van der Waals surface area contributed by atoms with Gasteiger partial charge in [0.15, 0.2) is 0 Å². The largest absolute Gasteiger partial charge is 0.462 e. The van der Waals surface area contributed by atoms with E-state index in [0.29, 0.717) is 6.42 Å². The van der Waals surface area contributed by atoms with E-state index in [1.807, 2.05) is 6.92 Å². The van der Waals surface area contributed by atoms with Gasteiger partial charge in [0.2, 0.25) is 0 Å². The van der Waals surface area contributed by atoms with Gasteiger partial charge < -0.3 is 0 Å². The molecule has 0 fully saturated rings. The van der Waals surface area contributed by atoms with Crippen molar-refractivity contribution in [3.8, 4) is 0 Å². The number of benzene rings is 1. The molecule has 0 heterocycles. The number of allylic oxidation sites excluding steroid dienone is 2. The van der Waals surface area contributed by atoms with E-state index in [1.54, 1.807) is 49.4 Å². The maximum Gasteiger partial charge on any atom is 0.462 e. The zero-order valence-corrected chi connectivity index (χ0v) is 10.1. The van der Waals surface area contributed by atoms with E-state index >= 15 is 0 Å². The number of hydrogen-bond acceptors (Lipinski definition) is 0. The average Bonchev–Trinajstić information content (AvgIpc) is 2.27. The molecule has 0 aliphatic heterocycles. The molecule has 0 saturated heterocycles. The van der Waals surface area contributed by atoms with Crippen LogP contribution in [-0.2, 0) is 0 Å². The third kappa shape index (κ3) is 2.75. The lowest BCUT2D eigenvalue weighted by Gasteiger charge is -2.20. The lowest BCUT2D eigenvalue weighted by molar-refractivity contribution is 0.589. The molecule has 1 atom stereocenters. The summed E-state index contributed by atoms with van der Waals surface area (Å²) in [6.07, 6.45) is 3.86. The van der Waals surface area contributed by atoms with Gasteiger partial charge in [0.1, 0.15) is 0 Å². The van der Waals surface area contributed by atoms with E-state index in [1.165, 1.54) is 0 Å². The zero-order chi connectivity index (χ0) is 11.3. The van der Waals surface area contributed by atoms with E-state index < -0.39 is 14.3 Å². The standard InChI is InChI=1S/C12H16F2Si/c1-3-8-11(4-2)15(13,14)12-9-6-5-7-10-12/h3,5-11H,4H2,1-2H3/b8-3-/t11-/m1/s1. The fourth-order valence-electron chi connectivity index (χ4n) is 1.62. The van der Waals surface area contributed by atoms with Crippen molar-refractivity contribution in [2.24, 2.45) is 0 Å². The quantitative estimate of drug-likeness (QED) is 0.418. The zero-order valence-electron chi connectivity index (χ0n) is 9.08. The molecule has 0 aliphatic rings. The van der Waals surface area contributed by atoms with Gasteiger partial charge in [0.05, 0.1) is 0 Å². The molecule has 0 radical (unpaired) electrons. The molecule has 1 aromatic rings. The summed E-state index contributed by atoms with van der Waals surface area (Å²) in [5.41, 5.74) is -0.579. The molecule has 1 aromatic carbocycles. The molecule has 1 rings (SSSR count). The molecular weight excluding hydrogens is 210 g/mol. The maximum atomic E-state index is 14.1. The fraction of sp³-hybridized carbons (Fsp3) is 0.333. The highest BCUT2D eigenvalue weighted by Gasteiger charge is 2.44. The highest BCUT2D eigenvalue weighted by atomic mass is 28.4. The van der Waals surface area contributed by atoms with Gasteiger partial charge in [-0.25, -0.2) is 0 Å². The predicted molar refractivity (Wildman–Crippen MR) is 62.9 cm³/mol. The summed E-state index contributed by atoms with van der Waals surface area (Å²) in [7, 11) is -4.32. The van der Waals surface area contributed by atoms with Gasteiger partial charge in [-0.3, -0.25) is 8.22 Å². The Morgan fingerprint density at radius 3 is 2.33 bits per heavy atom. The SMILES string of the molecule is C/C=C\[C@@H](CC)[Si](F)(F)c1ccccc1. The smallest absolute Gasteiger partial charge is 0.264 e. The summed E-state index contributed by atoms with van der Waals surface area (Å²) in [4.78, 5) is 0. The minimum absolute atomic E-state index is 0.231.